The minimum atomic E-state index is -3.68. The van der Waals surface area contributed by atoms with Gasteiger partial charge < -0.3 is 5.32 Å². The van der Waals surface area contributed by atoms with Gasteiger partial charge in [-0.2, -0.15) is 0 Å². The predicted molar refractivity (Wildman–Crippen MR) is 105 cm³/mol. The van der Waals surface area contributed by atoms with E-state index in [4.69, 9.17) is 0 Å². The fourth-order valence-electron chi connectivity index (χ4n) is 2.49. The summed E-state index contributed by atoms with van der Waals surface area (Å²) in [6.07, 6.45) is 4.00. The molecule has 2 rings (SSSR count). The molecule has 140 valence electrons. The highest BCUT2D eigenvalue weighted by Gasteiger charge is 2.15. The van der Waals surface area contributed by atoms with Crippen molar-refractivity contribution in [3.8, 4) is 0 Å². The van der Waals surface area contributed by atoms with Gasteiger partial charge in [0.05, 0.1) is 4.90 Å². The topological polar surface area (TPSA) is 75.3 Å². The molecule has 2 N–H and O–H groups in total. The van der Waals surface area contributed by atoms with Gasteiger partial charge in [-0.05, 0) is 54.8 Å². The van der Waals surface area contributed by atoms with Gasteiger partial charge >= 0.3 is 0 Å². The summed E-state index contributed by atoms with van der Waals surface area (Å²) in [7, 11) is -3.68. The molecule has 5 nitrogen and oxygen atoms in total. The van der Waals surface area contributed by atoms with E-state index >= 15 is 0 Å². The van der Waals surface area contributed by atoms with E-state index in [0.717, 1.165) is 31.2 Å². The lowest BCUT2D eigenvalue weighted by Gasteiger charge is -2.10. The van der Waals surface area contributed by atoms with Crippen LogP contribution in [0.25, 0.3) is 0 Å². The van der Waals surface area contributed by atoms with Crippen LogP contribution < -0.4 is 10.0 Å². The lowest BCUT2D eigenvalue weighted by molar-refractivity contribution is 0.0953. The third-order valence-electron chi connectivity index (χ3n) is 4.11. The highest BCUT2D eigenvalue weighted by atomic mass is 32.2. The predicted octanol–water partition coefficient (Wildman–Crippen LogP) is 3.97. The monoisotopic (exact) mass is 374 g/mol. The summed E-state index contributed by atoms with van der Waals surface area (Å²) in [5, 5.41) is 2.84. The molecule has 2 aromatic carbocycles. The second-order valence-electron chi connectivity index (χ2n) is 6.14. The fourth-order valence-corrected chi connectivity index (χ4v) is 3.55. The van der Waals surface area contributed by atoms with Crippen molar-refractivity contribution in [1.82, 2.24) is 5.32 Å². The fraction of sp³-hybridized carbons (Fsp3) is 0.350. The van der Waals surface area contributed by atoms with Crippen molar-refractivity contribution in [2.45, 2.75) is 44.4 Å². The average Bonchev–Trinajstić information content (AvgIpc) is 2.65. The van der Waals surface area contributed by atoms with Gasteiger partial charge in [0, 0.05) is 17.8 Å². The maximum absolute atomic E-state index is 12.5. The molecule has 0 aromatic heterocycles. The largest absolute Gasteiger partial charge is 0.352 e. The van der Waals surface area contributed by atoms with Crippen LogP contribution in [-0.2, 0) is 16.4 Å². The number of anilines is 1. The number of amides is 1. The SMILES string of the molecule is CCCCCNC(=O)c1ccc(S(=O)(=O)Nc2ccc(CC)cc2)cc1. The van der Waals surface area contributed by atoms with Crippen LogP contribution >= 0.6 is 0 Å². The Morgan fingerprint density at radius 1 is 0.923 bits per heavy atom. The number of nitrogens with one attached hydrogen (secondary N) is 2. The molecule has 0 aliphatic rings. The number of sulfonamides is 1. The number of carbonyl (C=O) groups is 1. The molecule has 0 heterocycles. The number of hydrogen-bond donors (Lipinski definition) is 2. The molecule has 26 heavy (non-hydrogen) atoms. The standard InChI is InChI=1S/C20H26N2O3S/c1-3-5-6-15-21-20(23)17-9-13-19(14-10-17)26(24,25)22-18-11-7-16(4-2)8-12-18/h7-14,22H,3-6,15H2,1-2H3,(H,21,23). The Kier molecular flexibility index (Phi) is 7.21. The van der Waals surface area contributed by atoms with Crippen molar-refractivity contribution in [3.63, 3.8) is 0 Å². The number of rotatable bonds is 9. The molecule has 0 aliphatic carbocycles. The van der Waals surface area contributed by atoms with E-state index in [0.29, 0.717) is 17.8 Å². The molecule has 0 spiro atoms. The van der Waals surface area contributed by atoms with Crippen molar-refractivity contribution >= 4 is 21.6 Å². The smallest absolute Gasteiger partial charge is 0.261 e. The summed E-state index contributed by atoms with van der Waals surface area (Å²) in [4.78, 5) is 12.2. The zero-order chi connectivity index (χ0) is 19.0. The second kappa shape index (κ2) is 9.38. The Morgan fingerprint density at radius 2 is 1.58 bits per heavy atom. The van der Waals surface area contributed by atoms with Gasteiger partial charge in [-0.25, -0.2) is 8.42 Å². The van der Waals surface area contributed by atoms with Gasteiger partial charge in [0.15, 0.2) is 0 Å². The summed E-state index contributed by atoms with van der Waals surface area (Å²) < 4.78 is 27.5. The first-order valence-corrected chi connectivity index (χ1v) is 10.4. The maximum Gasteiger partial charge on any atom is 0.261 e. The molecule has 6 heteroatoms. The van der Waals surface area contributed by atoms with Crippen molar-refractivity contribution in [1.29, 1.82) is 0 Å². The molecule has 0 aliphatic heterocycles. The van der Waals surface area contributed by atoms with Crippen molar-refractivity contribution in [2.24, 2.45) is 0 Å². The molecule has 0 fully saturated rings. The Hall–Kier alpha value is -2.34. The van der Waals surface area contributed by atoms with Crippen LogP contribution in [0.1, 0.15) is 49.0 Å². The van der Waals surface area contributed by atoms with Crippen LogP contribution in [0.3, 0.4) is 0 Å². The minimum absolute atomic E-state index is 0.125. The second-order valence-corrected chi connectivity index (χ2v) is 7.83. The van der Waals surface area contributed by atoms with E-state index in [9.17, 15) is 13.2 Å². The first-order chi connectivity index (χ1) is 12.5. The molecule has 2 aromatic rings. The van der Waals surface area contributed by atoms with E-state index in [1.807, 2.05) is 19.1 Å². The number of hydrogen-bond acceptors (Lipinski definition) is 3. The molecular weight excluding hydrogens is 348 g/mol. The van der Waals surface area contributed by atoms with Crippen molar-refractivity contribution in [2.75, 3.05) is 11.3 Å². The molecule has 0 atom stereocenters. The molecule has 0 saturated heterocycles. The lowest BCUT2D eigenvalue weighted by atomic mass is 10.2. The van der Waals surface area contributed by atoms with Gasteiger partial charge in [0.25, 0.3) is 15.9 Å². The highest BCUT2D eigenvalue weighted by molar-refractivity contribution is 7.92. The number of benzene rings is 2. The first kappa shape index (κ1) is 20.0. The molecule has 0 saturated carbocycles. The van der Waals surface area contributed by atoms with Gasteiger partial charge in [0.1, 0.15) is 0 Å². The minimum Gasteiger partial charge on any atom is -0.352 e. The van der Waals surface area contributed by atoms with Crippen LogP contribution in [0.4, 0.5) is 5.69 Å². The summed E-state index contributed by atoms with van der Waals surface area (Å²) in [6.45, 7) is 4.77. The van der Waals surface area contributed by atoms with Gasteiger partial charge in [-0.3, -0.25) is 9.52 Å². The third kappa shape index (κ3) is 5.59. The Morgan fingerprint density at radius 3 is 2.15 bits per heavy atom. The van der Waals surface area contributed by atoms with Crippen LogP contribution in [-0.4, -0.2) is 20.9 Å². The number of carbonyl (C=O) groups excluding carboxylic acids is 1. The zero-order valence-corrected chi connectivity index (χ0v) is 16.1. The molecular formula is C20H26N2O3S. The molecule has 0 bridgehead atoms. The number of aryl methyl sites for hydroxylation is 1. The summed E-state index contributed by atoms with van der Waals surface area (Å²) >= 11 is 0. The number of unbranched alkanes of at least 4 members (excludes halogenated alkanes) is 2. The first-order valence-electron chi connectivity index (χ1n) is 8.96. The highest BCUT2D eigenvalue weighted by Crippen LogP contribution is 2.17. The van der Waals surface area contributed by atoms with Crippen LogP contribution in [0, 0.1) is 0 Å². The van der Waals surface area contributed by atoms with Crippen LogP contribution in [0.2, 0.25) is 0 Å². The summed E-state index contributed by atoms with van der Waals surface area (Å²) in [6, 6.07) is 13.2. The summed E-state index contributed by atoms with van der Waals surface area (Å²) in [5.41, 5.74) is 2.11. The van der Waals surface area contributed by atoms with Crippen molar-refractivity contribution < 1.29 is 13.2 Å². The molecule has 1 amide bonds. The lowest BCUT2D eigenvalue weighted by Crippen LogP contribution is -2.24. The van der Waals surface area contributed by atoms with E-state index in [2.05, 4.69) is 17.0 Å². The Bertz CT molecular complexity index is 813. The summed E-state index contributed by atoms with van der Waals surface area (Å²) in [5.74, 6) is -0.187. The quantitative estimate of drug-likeness (QED) is 0.652. The third-order valence-corrected chi connectivity index (χ3v) is 5.50. The molecule has 0 radical (unpaired) electrons. The van der Waals surface area contributed by atoms with Crippen LogP contribution in [0.15, 0.2) is 53.4 Å². The van der Waals surface area contributed by atoms with E-state index in [1.54, 1.807) is 12.1 Å². The van der Waals surface area contributed by atoms with Gasteiger partial charge in [0.2, 0.25) is 0 Å². The zero-order valence-electron chi connectivity index (χ0n) is 15.3. The normalized spacial score (nSPS) is 11.2. The maximum atomic E-state index is 12.5. The van der Waals surface area contributed by atoms with Crippen molar-refractivity contribution in [3.05, 3.63) is 59.7 Å². The molecule has 0 unspecified atom stereocenters. The van der Waals surface area contributed by atoms with Gasteiger partial charge in [-0.1, -0.05) is 38.8 Å². The van der Waals surface area contributed by atoms with Gasteiger partial charge in [-0.15, -0.1) is 0 Å². The van der Waals surface area contributed by atoms with E-state index in [-0.39, 0.29) is 10.8 Å². The van der Waals surface area contributed by atoms with Crippen LogP contribution in [0.5, 0.6) is 0 Å². The van der Waals surface area contributed by atoms with E-state index < -0.39 is 10.0 Å². The Balaban J connectivity index is 2.02. The Labute approximate surface area is 155 Å². The van der Waals surface area contributed by atoms with E-state index in [1.165, 1.54) is 24.3 Å². The average molecular weight is 375 g/mol.